The number of fused-ring (bicyclic) bond motifs is 1. The molecule has 46 heavy (non-hydrogen) atoms. The Morgan fingerprint density at radius 2 is 1.57 bits per heavy atom. The van der Waals surface area contributed by atoms with Crippen LogP contribution in [0.4, 0.5) is 14.9 Å². The van der Waals surface area contributed by atoms with Gasteiger partial charge < -0.3 is 30.2 Å². The molecule has 11 heteroatoms. The van der Waals surface area contributed by atoms with Gasteiger partial charge in [0.15, 0.2) is 0 Å². The molecule has 2 aromatic rings. The number of amides is 5. The van der Waals surface area contributed by atoms with Crippen molar-refractivity contribution in [3.05, 3.63) is 65.0 Å². The number of nitrogens with zero attached hydrogens (tertiary/aromatic N) is 4. The number of nitrogens with one attached hydrogen (secondary N) is 2. The van der Waals surface area contributed by atoms with Crippen molar-refractivity contribution in [2.75, 3.05) is 44.6 Å². The zero-order valence-electron chi connectivity index (χ0n) is 26.7. The van der Waals surface area contributed by atoms with Crippen LogP contribution < -0.4 is 10.6 Å². The lowest BCUT2D eigenvalue weighted by Crippen LogP contribution is -2.55. The average Bonchev–Trinajstić information content (AvgIpc) is 3.07. The zero-order valence-corrected chi connectivity index (χ0v) is 26.7. The summed E-state index contributed by atoms with van der Waals surface area (Å²) in [6.45, 7) is 6.49. The van der Waals surface area contributed by atoms with Crippen LogP contribution >= 0.6 is 0 Å². The Balaban J connectivity index is 1.09. The fourth-order valence-electron chi connectivity index (χ4n) is 7.51. The number of para-hydroxylation sites is 1. The van der Waals surface area contributed by atoms with Gasteiger partial charge in [0.25, 0.3) is 5.91 Å². The third kappa shape index (κ3) is 7.35. The molecule has 0 bridgehead atoms. The minimum absolute atomic E-state index is 0.00745. The van der Waals surface area contributed by atoms with Gasteiger partial charge in [0.05, 0.1) is 6.42 Å². The van der Waals surface area contributed by atoms with Gasteiger partial charge in [-0.3, -0.25) is 14.4 Å². The van der Waals surface area contributed by atoms with Crippen molar-refractivity contribution in [1.29, 1.82) is 0 Å². The molecule has 0 spiro atoms. The Labute approximate surface area is 270 Å². The smallest absolute Gasteiger partial charge is 0.322 e. The molecule has 5 amide bonds. The van der Waals surface area contributed by atoms with Gasteiger partial charge >= 0.3 is 6.03 Å². The van der Waals surface area contributed by atoms with Gasteiger partial charge in [0.1, 0.15) is 11.9 Å². The number of rotatable bonds is 7. The van der Waals surface area contributed by atoms with Crippen molar-refractivity contribution in [3.8, 4) is 0 Å². The Morgan fingerprint density at radius 1 is 0.891 bits per heavy atom. The average molecular weight is 633 g/mol. The second kappa shape index (κ2) is 14.2. The molecule has 3 fully saturated rings. The molecular weight excluding hydrogens is 587 g/mol. The maximum absolute atomic E-state index is 14.1. The predicted octanol–water partition coefficient (Wildman–Crippen LogP) is 4.14. The number of carbonyl (C=O) groups excluding carboxylic acids is 4. The van der Waals surface area contributed by atoms with Gasteiger partial charge in [0.2, 0.25) is 11.8 Å². The summed E-state index contributed by atoms with van der Waals surface area (Å²) in [7, 11) is 0. The molecule has 4 aliphatic rings. The summed E-state index contributed by atoms with van der Waals surface area (Å²) in [5.74, 6) is -1.60. The van der Waals surface area contributed by atoms with Crippen LogP contribution in [0.3, 0.4) is 0 Å². The zero-order chi connectivity index (χ0) is 32.2. The highest BCUT2D eigenvalue weighted by atomic mass is 19.1. The molecule has 2 N–H and O–H groups in total. The van der Waals surface area contributed by atoms with Crippen LogP contribution in [0.5, 0.6) is 0 Å². The van der Waals surface area contributed by atoms with E-state index in [1.54, 1.807) is 22.8 Å². The molecule has 0 aromatic heterocycles. The highest BCUT2D eigenvalue weighted by Crippen LogP contribution is 2.28. The highest BCUT2D eigenvalue weighted by Gasteiger charge is 2.36. The summed E-state index contributed by atoms with van der Waals surface area (Å²) >= 11 is 0. The fourth-order valence-corrected chi connectivity index (χ4v) is 7.51. The minimum Gasteiger partial charge on any atom is -0.342 e. The lowest BCUT2D eigenvalue weighted by molar-refractivity contribution is -0.140. The van der Waals surface area contributed by atoms with Crippen LogP contribution in [0.2, 0.25) is 0 Å². The van der Waals surface area contributed by atoms with E-state index in [0.29, 0.717) is 57.2 Å². The maximum Gasteiger partial charge on any atom is 0.322 e. The van der Waals surface area contributed by atoms with E-state index >= 15 is 0 Å². The normalized spacial score (nSPS) is 20.6. The van der Waals surface area contributed by atoms with E-state index in [1.165, 1.54) is 25.3 Å². The summed E-state index contributed by atoms with van der Waals surface area (Å²) in [5, 5.41) is 5.76. The minimum atomic E-state index is -1.06. The highest BCUT2D eigenvalue weighted by molar-refractivity contribution is 5.99. The molecule has 246 valence electrons. The van der Waals surface area contributed by atoms with Gasteiger partial charge in [-0.25, -0.2) is 9.18 Å². The maximum atomic E-state index is 14.1. The van der Waals surface area contributed by atoms with E-state index in [9.17, 15) is 23.6 Å². The van der Waals surface area contributed by atoms with Gasteiger partial charge in [-0.15, -0.1) is 0 Å². The SMILES string of the molecule is Cc1cc(F)cc(C(=O)N[C@@H](CC(=O)N2CCC(N3Cc4ccccc4NC3=O)CC2)C(=O)N2CCC(N3CCCCC3)CC2)c1. The van der Waals surface area contributed by atoms with Crippen LogP contribution in [0.1, 0.15) is 72.9 Å². The second-order valence-electron chi connectivity index (χ2n) is 13.2. The predicted molar refractivity (Wildman–Crippen MR) is 173 cm³/mol. The second-order valence-corrected chi connectivity index (χ2v) is 13.2. The number of urea groups is 1. The molecule has 0 aliphatic carbocycles. The van der Waals surface area contributed by atoms with Crippen molar-refractivity contribution in [2.45, 2.75) is 83.0 Å². The third-order valence-corrected chi connectivity index (χ3v) is 10.1. The van der Waals surface area contributed by atoms with E-state index in [0.717, 1.165) is 43.2 Å². The summed E-state index contributed by atoms with van der Waals surface area (Å²) < 4.78 is 14.1. The number of halogens is 1. The Hall–Kier alpha value is -3.99. The van der Waals surface area contributed by atoms with Crippen LogP contribution in [0.25, 0.3) is 0 Å². The first-order chi connectivity index (χ1) is 22.2. The van der Waals surface area contributed by atoms with Gasteiger partial charge in [0, 0.05) is 56.1 Å². The van der Waals surface area contributed by atoms with E-state index in [-0.39, 0.29) is 35.9 Å². The summed E-state index contributed by atoms with van der Waals surface area (Å²) in [6.07, 6.45) is 6.51. The summed E-state index contributed by atoms with van der Waals surface area (Å²) in [4.78, 5) is 61.5. The quantitative estimate of drug-likeness (QED) is 0.478. The number of benzene rings is 2. The number of hydrogen-bond donors (Lipinski definition) is 2. The molecule has 0 unspecified atom stereocenters. The first-order valence-corrected chi connectivity index (χ1v) is 16.8. The number of hydrogen-bond acceptors (Lipinski definition) is 5. The largest absolute Gasteiger partial charge is 0.342 e. The van der Waals surface area contributed by atoms with E-state index in [2.05, 4.69) is 15.5 Å². The summed E-state index contributed by atoms with van der Waals surface area (Å²) in [5.41, 5.74) is 2.61. The van der Waals surface area contributed by atoms with Crippen LogP contribution in [-0.4, -0.2) is 101 Å². The van der Waals surface area contributed by atoms with Crippen molar-refractivity contribution in [1.82, 2.24) is 24.9 Å². The van der Waals surface area contributed by atoms with E-state index in [4.69, 9.17) is 0 Å². The fraction of sp³-hybridized carbons (Fsp3) is 0.543. The number of aryl methyl sites for hydroxylation is 1. The van der Waals surface area contributed by atoms with Gasteiger partial charge in [-0.05, 0) is 93.9 Å². The molecule has 3 saturated heterocycles. The van der Waals surface area contributed by atoms with E-state index in [1.807, 2.05) is 29.2 Å². The Bertz CT molecular complexity index is 1430. The standard InChI is InChI=1S/C35H45FN6O4/c1-24-19-26(21-27(36)20-24)33(44)37-31(34(45)41-17-9-28(10-18-41)39-13-5-2-6-14-39)22-32(43)40-15-11-29(12-16-40)42-23-25-7-3-4-8-30(25)38-35(42)46/h3-4,7-8,19-21,28-29,31H,2,5-6,9-18,22-23H2,1H3,(H,37,44)(H,38,46)/t31-/m0/s1. The Morgan fingerprint density at radius 3 is 2.28 bits per heavy atom. The monoisotopic (exact) mass is 632 g/mol. The number of piperidine rings is 3. The van der Waals surface area contributed by atoms with Gasteiger partial charge in [-0.1, -0.05) is 24.6 Å². The molecular formula is C35H45FN6O4. The topological polar surface area (TPSA) is 105 Å². The molecule has 1 atom stereocenters. The molecule has 0 radical (unpaired) electrons. The van der Waals surface area contributed by atoms with Crippen molar-refractivity contribution in [3.63, 3.8) is 0 Å². The lowest BCUT2D eigenvalue weighted by Gasteiger charge is -2.41. The molecule has 6 rings (SSSR count). The number of carbonyl (C=O) groups is 4. The Kier molecular flexibility index (Phi) is 9.86. The molecule has 0 saturated carbocycles. The molecule has 4 aliphatic heterocycles. The van der Waals surface area contributed by atoms with Crippen molar-refractivity contribution in [2.24, 2.45) is 0 Å². The first-order valence-electron chi connectivity index (χ1n) is 16.8. The third-order valence-electron chi connectivity index (χ3n) is 10.1. The van der Waals surface area contributed by atoms with E-state index < -0.39 is 17.8 Å². The van der Waals surface area contributed by atoms with Crippen LogP contribution in [0, 0.1) is 12.7 Å². The van der Waals surface area contributed by atoms with Crippen LogP contribution in [0.15, 0.2) is 42.5 Å². The van der Waals surface area contributed by atoms with Crippen LogP contribution in [-0.2, 0) is 16.1 Å². The summed E-state index contributed by atoms with van der Waals surface area (Å²) in [6, 6.07) is 11.1. The molecule has 4 heterocycles. The first kappa shape index (κ1) is 32.0. The lowest BCUT2D eigenvalue weighted by atomic mass is 9.98. The molecule has 2 aromatic carbocycles. The van der Waals surface area contributed by atoms with Crippen molar-refractivity contribution < 1.29 is 23.6 Å². The number of likely N-dealkylation sites (tertiary alicyclic amines) is 3. The molecule has 10 nitrogen and oxygen atoms in total. The van der Waals surface area contributed by atoms with Gasteiger partial charge in [-0.2, -0.15) is 0 Å². The number of anilines is 1. The van der Waals surface area contributed by atoms with Crippen molar-refractivity contribution >= 4 is 29.4 Å².